The third-order valence-electron chi connectivity index (χ3n) is 3.16. The first-order chi connectivity index (χ1) is 9.97. The Balaban J connectivity index is 4.28. The summed E-state index contributed by atoms with van der Waals surface area (Å²) in [4.78, 5) is 46.3. The topological polar surface area (TPSA) is 86.7 Å². The first-order valence-corrected chi connectivity index (χ1v) is 7.18. The summed E-state index contributed by atoms with van der Waals surface area (Å²) in [6, 6.07) is 0. The number of methoxy groups -OCH3 is 2. The van der Waals surface area contributed by atoms with Crippen LogP contribution in [0.3, 0.4) is 0 Å². The number of carbonyl (C=O) groups is 4. The van der Waals surface area contributed by atoms with Crippen molar-refractivity contribution in [1.82, 2.24) is 0 Å². The lowest BCUT2D eigenvalue weighted by molar-refractivity contribution is -0.161. The van der Waals surface area contributed by atoms with Crippen molar-refractivity contribution < 1.29 is 28.7 Å². The molecule has 0 amide bonds. The Hall–Kier alpha value is -1.72. The molecular weight excluding hydrogens is 276 g/mol. The van der Waals surface area contributed by atoms with Crippen LogP contribution >= 0.6 is 0 Å². The van der Waals surface area contributed by atoms with Crippen LogP contribution in [0, 0.1) is 5.92 Å². The van der Waals surface area contributed by atoms with E-state index in [1.54, 1.807) is 0 Å². The standard InChI is InChI=1S/C15H24O6/c1-4-5-6-7-8-11(16)9-10-12(17)13(14(18)20-2)15(19)21-3/h13H,4-10H2,1-3H3. The van der Waals surface area contributed by atoms with E-state index in [0.717, 1.165) is 39.9 Å². The molecule has 0 rings (SSSR count). The number of ketones is 2. The van der Waals surface area contributed by atoms with E-state index in [4.69, 9.17) is 0 Å². The van der Waals surface area contributed by atoms with E-state index in [1.165, 1.54) is 0 Å². The second-order valence-electron chi connectivity index (χ2n) is 4.79. The zero-order valence-corrected chi connectivity index (χ0v) is 13.0. The van der Waals surface area contributed by atoms with Crippen molar-refractivity contribution >= 4 is 23.5 Å². The van der Waals surface area contributed by atoms with Gasteiger partial charge in [0.05, 0.1) is 14.2 Å². The molecule has 0 aliphatic rings. The molecular formula is C15H24O6. The van der Waals surface area contributed by atoms with Gasteiger partial charge in [-0.3, -0.25) is 19.2 Å². The zero-order valence-electron chi connectivity index (χ0n) is 13.0. The minimum absolute atomic E-state index is 0.0343. The van der Waals surface area contributed by atoms with Gasteiger partial charge in [0.1, 0.15) is 5.78 Å². The van der Waals surface area contributed by atoms with Crippen molar-refractivity contribution in [3.63, 3.8) is 0 Å². The van der Waals surface area contributed by atoms with E-state index in [0.29, 0.717) is 6.42 Å². The summed E-state index contributed by atoms with van der Waals surface area (Å²) in [5.74, 6) is -4.18. The highest BCUT2D eigenvalue weighted by Crippen LogP contribution is 2.11. The second kappa shape index (κ2) is 11.0. The summed E-state index contributed by atoms with van der Waals surface area (Å²) >= 11 is 0. The van der Waals surface area contributed by atoms with E-state index in [1.807, 2.05) is 0 Å². The number of carbonyl (C=O) groups excluding carboxylic acids is 4. The summed E-state index contributed by atoms with van der Waals surface area (Å²) in [6.07, 6.45) is 4.28. The Morgan fingerprint density at radius 2 is 1.38 bits per heavy atom. The van der Waals surface area contributed by atoms with Crippen molar-refractivity contribution in [3.05, 3.63) is 0 Å². The smallest absolute Gasteiger partial charge is 0.327 e. The van der Waals surface area contributed by atoms with Crippen molar-refractivity contribution in [1.29, 1.82) is 0 Å². The first-order valence-electron chi connectivity index (χ1n) is 7.18. The fraction of sp³-hybridized carbons (Fsp3) is 0.733. The second-order valence-corrected chi connectivity index (χ2v) is 4.79. The monoisotopic (exact) mass is 300 g/mol. The van der Waals surface area contributed by atoms with Gasteiger partial charge in [-0.05, 0) is 6.42 Å². The van der Waals surface area contributed by atoms with Gasteiger partial charge >= 0.3 is 11.9 Å². The summed E-state index contributed by atoms with van der Waals surface area (Å²) in [7, 11) is 2.18. The molecule has 0 bridgehead atoms. The number of unbranched alkanes of at least 4 members (excludes halogenated alkanes) is 3. The predicted molar refractivity (Wildman–Crippen MR) is 75.5 cm³/mol. The Labute approximate surface area is 125 Å². The van der Waals surface area contributed by atoms with Gasteiger partial charge in [0, 0.05) is 19.3 Å². The van der Waals surface area contributed by atoms with Crippen LogP contribution in [0.25, 0.3) is 0 Å². The van der Waals surface area contributed by atoms with Gasteiger partial charge in [0.2, 0.25) is 5.92 Å². The summed E-state index contributed by atoms with van der Waals surface area (Å²) in [5, 5.41) is 0. The van der Waals surface area contributed by atoms with Gasteiger partial charge < -0.3 is 9.47 Å². The van der Waals surface area contributed by atoms with Crippen molar-refractivity contribution in [2.24, 2.45) is 5.92 Å². The van der Waals surface area contributed by atoms with Gasteiger partial charge in [-0.15, -0.1) is 0 Å². The Morgan fingerprint density at radius 3 is 1.86 bits per heavy atom. The van der Waals surface area contributed by atoms with Gasteiger partial charge in [0.15, 0.2) is 5.78 Å². The third-order valence-corrected chi connectivity index (χ3v) is 3.16. The molecule has 6 heteroatoms. The quantitative estimate of drug-likeness (QED) is 0.329. The molecule has 0 spiro atoms. The highest BCUT2D eigenvalue weighted by molar-refractivity contribution is 6.15. The van der Waals surface area contributed by atoms with Crippen molar-refractivity contribution in [2.45, 2.75) is 51.9 Å². The van der Waals surface area contributed by atoms with E-state index in [-0.39, 0.29) is 18.6 Å². The third kappa shape index (κ3) is 7.58. The average molecular weight is 300 g/mol. The minimum atomic E-state index is -1.59. The number of hydrogen-bond acceptors (Lipinski definition) is 6. The molecule has 0 N–H and O–H groups in total. The maximum Gasteiger partial charge on any atom is 0.327 e. The van der Waals surface area contributed by atoms with E-state index in [2.05, 4.69) is 16.4 Å². The van der Waals surface area contributed by atoms with E-state index in [9.17, 15) is 19.2 Å². The summed E-state index contributed by atoms with van der Waals surface area (Å²) in [6.45, 7) is 2.08. The molecule has 21 heavy (non-hydrogen) atoms. The largest absolute Gasteiger partial charge is 0.468 e. The van der Waals surface area contributed by atoms with Gasteiger partial charge in [-0.2, -0.15) is 0 Å². The van der Waals surface area contributed by atoms with Crippen LogP contribution in [-0.4, -0.2) is 37.7 Å². The van der Waals surface area contributed by atoms with Crippen LogP contribution in [0.1, 0.15) is 51.9 Å². The molecule has 0 aromatic carbocycles. The number of Topliss-reactive ketones (excluding diaryl/α,β-unsaturated/α-hetero) is 2. The number of hydrogen-bond donors (Lipinski definition) is 0. The highest BCUT2D eigenvalue weighted by Gasteiger charge is 2.35. The van der Waals surface area contributed by atoms with Crippen LogP contribution in [0.15, 0.2) is 0 Å². The molecule has 0 saturated carbocycles. The average Bonchev–Trinajstić information content (AvgIpc) is 2.49. The molecule has 120 valence electrons. The van der Waals surface area contributed by atoms with Gasteiger partial charge in [-0.1, -0.05) is 26.2 Å². The summed E-state index contributed by atoms with van der Waals surface area (Å²) in [5.41, 5.74) is 0. The first kappa shape index (κ1) is 19.3. The fourth-order valence-corrected chi connectivity index (χ4v) is 1.88. The molecule has 0 saturated heterocycles. The molecule has 0 radical (unpaired) electrons. The Bertz CT molecular complexity index is 358. The molecule has 0 aliphatic heterocycles. The molecule has 0 aliphatic carbocycles. The maximum absolute atomic E-state index is 11.9. The molecule has 0 atom stereocenters. The summed E-state index contributed by atoms with van der Waals surface area (Å²) < 4.78 is 8.82. The zero-order chi connectivity index (χ0) is 16.3. The minimum Gasteiger partial charge on any atom is -0.468 e. The van der Waals surface area contributed by atoms with Crippen LogP contribution in [0.5, 0.6) is 0 Å². The fourth-order valence-electron chi connectivity index (χ4n) is 1.88. The van der Waals surface area contributed by atoms with Crippen LogP contribution in [-0.2, 0) is 28.7 Å². The van der Waals surface area contributed by atoms with Crippen LogP contribution < -0.4 is 0 Å². The van der Waals surface area contributed by atoms with E-state index >= 15 is 0 Å². The molecule has 6 nitrogen and oxygen atoms in total. The number of rotatable bonds is 11. The van der Waals surface area contributed by atoms with E-state index < -0.39 is 23.6 Å². The molecule has 0 aromatic rings. The lowest BCUT2D eigenvalue weighted by atomic mass is 9.98. The van der Waals surface area contributed by atoms with Crippen molar-refractivity contribution in [2.75, 3.05) is 14.2 Å². The number of esters is 2. The lowest BCUT2D eigenvalue weighted by Gasteiger charge is -2.11. The normalized spacial score (nSPS) is 10.3. The van der Waals surface area contributed by atoms with Gasteiger partial charge in [0.25, 0.3) is 0 Å². The number of ether oxygens (including phenoxy) is 2. The maximum atomic E-state index is 11.9. The molecule has 0 fully saturated rings. The lowest BCUT2D eigenvalue weighted by Crippen LogP contribution is -2.34. The highest BCUT2D eigenvalue weighted by atomic mass is 16.5. The Kier molecular flexibility index (Phi) is 10.1. The Morgan fingerprint density at radius 1 is 0.810 bits per heavy atom. The predicted octanol–water partition coefficient (Wildman–Crippen LogP) is 1.84. The SMILES string of the molecule is CCCCCCC(=O)CCC(=O)C(C(=O)OC)C(=O)OC. The van der Waals surface area contributed by atoms with Gasteiger partial charge in [-0.25, -0.2) is 0 Å². The molecule has 0 heterocycles. The van der Waals surface area contributed by atoms with Crippen molar-refractivity contribution in [3.8, 4) is 0 Å². The molecule has 0 aromatic heterocycles. The molecule has 0 unspecified atom stereocenters. The van der Waals surface area contributed by atoms with Crippen LogP contribution in [0.2, 0.25) is 0 Å². The van der Waals surface area contributed by atoms with Crippen LogP contribution in [0.4, 0.5) is 0 Å².